The van der Waals surface area contributed by atoms with Gasteiger partial charge in [0.15, 0.2) is 0 Å². The van der Waals surface area contributed by atoms with Gasteiger partial charge in [-0.25, -0.2) is 19.1 Å². The molecule has 22 heavy (non-hydrogen) atoms. The lowest BCUT2D eigenvalue weighted by molar-refractivity contribution is -0.830. The average Bonchev–Trinajstić information content (AvgIpc) is 2.85. The zero-order valence-electron chi connectivity index (χ0n) is 12.4. The Kier molecular flexibility index (Phi) is 7.43. The molecule has 0 aliphatic carbocycles. The molecular formula is C12H19FN3O6+. The highest BCUT2D eigenvalue weighted by atomic mass is 19.1. The van der Waals surface area contributed by atoms with Crippen molar-refractivity contribution in [3.63, 3.8) is 0 Å². The van der Waals surface area contributed by atoms with Crippen LogP contribution in [0.2, 0.25) is 0 Å². The van der Waals surface area contributed by atoms with E-state index in [0.29, 0.717) is 0 Å². The summed E-state index contributed by atoms with van der Waals surface area (Å²) in [6, 6.07) is 0. The fourth-order valence-electron chi connectivity index (χ4n) is 1.75. The molecule has 1 rings (SSSR count). The molecule has 1 heterocycles. The molecule has 0 spiro atoms. The summed E-state index contributed by atoms with van der Waals surface area (Å²) in [4.78, 5) is 27.9. The second-order valence-corrected chi connectivity index (χ2v) is 4.14. The molecule has 0 bridgehead atoms. The van der Waals surface area contributed by atoms with Crippen LogP contribution < -0.4 is 5.48 Å². The Labute approximate surface area is 125 Å². The maximum absolute atomic E-state index is 11.9. The third-order valence-electron chi connectivity index (χ3n) is 2.68. The molecule has 0 unspecified atom stereocenters. The normalized spacial score (nSPS) is 10.7. The molecular weight excluding hydrogens is 301 g/mol. The SMILES string of the molecule is CO[NH2+]c1c(C(=O)OC)nn(CCOCCCF)c1C(=O)O. The third-order valence-corrected chi connectivity index (χ3v) is 2.68. The van der Waals surface area contributed by atoms with Crippen molar-refractivity contribution in [2.24, 2.45) is 0 Å². The molecule has 3 N–H and O–H groups in total. The summed E-state index contributed by atoms with van der Waals surface area (Å²) in [5.74, 6) is -2.04. The molecule has 0 aliphatic heterocycles. The first-order chi connectivity index (χ1) is 10.6. The number of methoxy groups -OCH3 is 1. The number of carbonyl (C=O) groups is 2. The molecule has 0 atom stereocenters. The summed E-state index contributed by atoms with van der Waals surface area (Å²) < 4.78 is 22.8. The van der Waals surface area contributed by atoms with Crippen molar-refractivity contribution in [3.8, 4) is 0 Å². The van der Waals surface area contributed by atoms with E-state index in [2.05, 4.69) is 9.84 Å². The van der Waals surface area contributed by atoms with Crippen LogP contribution in [0.5, 0.6) is 0 Å². The number of alkyl halides is 1. The van der Waals surface area contributed by atoms with Crippen molar-refractivity contribution in [3.05, 3.63) is 11.4 Å². The number of halogens is 1. The number of aromatic carboxylic acids is 1. The van der Waals surface area contributed by atoms with E-state index in [0.717, 1.165) is 10.2 Å². The predicted molar refractivity (Wildman–Crippen MR) is 70.5 cm³/mol. The summed E-state index contributed by atoms with van der Waals surface area (Å²) in [6.07, 6.45) is 0.265. The molecule has 1 aromatic rings. The van der Waals surface area contributed by atoms with E-state index in [1.807, 2.05) is 0 Å². The van der Waals surface area contributed by atoms with Crippen LogP contribution in [0.15, 0.2) is 0 Å². The monoisotopic (exact) mass is 320 g/mol. The highest BCUT2D eigenvalue weighted by Crippen LogP contribution is 2.17. The van der Waals surface area contributed by atoms with Crippen LogP contribution in [0.1, 0.15) is 27.4 Å². The maximum Gasteiger partial charge on any atom is 0.365 e. The minimum Gasteiger partial charge on any atom is -0.476 e. The van der Waals surface area contributed by atoms with Crippen LogP contribution in [0.4, 0.5) is 10.1 Å². The molecule has 0 radical (unpaired) electrons. The molecule has 0 saturated heterocycles. The van der Waals surface area contributed by atoms with Gasteiger partial charge in [-0.2, -0.15) is 10.6 Å². The summed E-state index contributed by atoms with van der Waals surface area (Å²) in [6.45, 7) is -0.0346. The minimum atomic E-state index is -1.27. The van der Waals surface area contributed by atoms with Gasteiger partial charge in [-0.15, -0.1) is 0 Å². The third kappa shape index (κ3) is 4.48. The number of rotatable bonds is 10. The average molecular weight is 320 g/mol. The van der Waals surface area contributed by atoms with E-state index in [9.17, 15) is 19.1 Å². The summed E-state index contributed by atoms with van der Waals surface area (Å²) in [5.41, 5.74) is 0.760. The zero-order valence-corrected chi connectivity index (χ0v) is 12.4. The van der Waals surface area contributed by atoms with Crippen LogP contribution in [-0.4, -0.2) is 60.9 Å². The van der Waals surface area contributed by atoms with Gasteiger partial charge in [0.1, 0.15) is 0 Å². The van der Waals surface area contributed by atoms with Gasteiger partial charge in [0.25, 0.3) is 0 Å². The van der Waals surface area contributed by atoms with Crippen molar-refractivity contribution >= 4 is 17.6 Å². The Morgan fingerprint density at radius 1 is 1.36 bits per heavy atom. The molecule has 0 aliphatic rings. The number of hydrogen-bond acceptors (Lipinski definition) is 6. The number of ether oxygens (including phenoxy) is 2. The molecule has 10 heteroatoms. The summed E-state index contributed by atoms with van der Waals surface area (Å²) >= 11 is 0. The Morgan fingerprint density at radius 2 is 2.09 bits per heavy atom. The van der Waals surface area contributed by atoms with Crippen molar-refractivity contribution in [1.82, 2.24) is 9.78 Å². The Hall–Kier alpha value is -2.04. The predicted octanol–water partition coefficient (Wildman–Crippen LogP) is -0.500. The number of quaternary nitrogens is 1. The number of carboxylic acid groups (broad SMARTS) is 1. The number of hydrogen-bond donors (Lipinski definition) is 2. The van der Waals surface area contributed by atoms with E-state index in [1.54, 1.807) is 0 Å². The second-order valence-electron chi connectivity index (χ2n) is 4.14. The molecule has 0 saturated carbocycles. The van der Waals surface area contributed by atoms with Gasteiger partial charge >= 0.3 is 11.9 Å². The van der Waals surface area contributed by atoms with Gasteiger partial charge in [0, 0.05) is 6.61 Å². The molecule has 124 valence electrons. The first kappa shape index (κ1) is 18.0. The lowest BCUT2D eigenvalue weighted by Crippen LogP contribution is -2.77. The molecule has 1 aromatic heterocycles. The van der Waals surface area contributed by atoms with Gasteiger partial charge in [-0.05, 0) is 6.42 Å². The number of carbonyl (C=O) groups excluding carboxylic acids is 1. The fourth-order valence-corrected chi connectivity index (χ4v) is 1.75. The van der Waals surface area contributed by atoms with E-state index in [4.69, 9.17) is 9.57 Å². The first-order valence-electron chi connectivity index (χ1n) is 6.48. The highest BCUT2D eigenvalue weighted by molar-refractivity contribution is 5.99. The van der Waals surface area contributed by atoms with Gasteiger partial charge in [0.05, 0.1) is 34.0 Å². The molecule has 0 aromatic carbocycles. The topological polar surface area (TPSA) is 116 Å². The number of nitrogens with zero attached hydrogens (tertiary/aromatic N) is 2. The van der Waals surface area contributed by atoms with E-state index in [-0.39, 0.29) is 43.3 Å². The maximum atomic E-state index is 11.9. The summed E-state index contributed by atoms with van der Waals surface area (Å²) in [5, 5.41) is 13.2. The lowest BCUT2D eigenvalue weighted by atomic mass is 10.3. The van der Waals surface area contributed by atoms with Crippen LogP contribution >= 0.6 is 0 Å². The first-order valence-corrected chi connectivity index (χ1v) is 6.48. The largest absolute Gasteiger partial charge is 0.476 e. The van der Waals surface area contributed by atoms with E-state index < -0.39 is 18.6 Å². The molecule has 0 amide bonds. The van der Waals surface area contributed by atoms with Crippen molar-refractivity contribution in [2.45, 2.75) is 13.0 Å². The van der Waals surface area contributed by atoms with E-state index >= 15 is 0 Å². The Bertz CT molecular complexity index is 519. The molecule has 0 fully saturated rings. The van der Waals surface area contributed by atoms with Gasteiger partial charge < -0.3 is 14.6 Å². The van der Waals surface area contributed by atoms with Crippen molar-refractivity contribution in [2.75, 3.05) is 34.1 Å². The smallest absolute Gasteiger partial charge is 0.365 e. The highest BCUT2D eigenvalue weighted by Gasteiger charge is 2.31. The van der Waals surface area contributed by atoms with Crippen LogP contribution in [-0.2, 0) is 20.9 Å². The standard InChI is InChI=1S/C12H18FN3O6/c1-20-12(19)9-8(15-21-2)10(11(17)18)16(14-9)5-7-22-6-3-4-13/h15H,3-7H2,1-2H3,(H,17,18)/p+1. The van der Waals surface area contributed by atoms with Crippen molar-refractivity contribution in [1.29, 1.82) is 0 Å². The van der Waals surface area contributed by atoms with Crippen molar-refractivity contribution < 1.29 is 38.9 Å². The second kappa shape index (κ2) is 9.07. The number of aromatic nitrogens is 2. The van der Waals surface area contributed by atoms with Gasteiger partial charge in [-0.3, -0.25) is 4.39 Å². The number of nitrogens with two attached hydrogens (primary N) is 1. The quantitative estimate of drug-likeness (QED) is 0.339. The minimum absolute atomic E-state index is 0.0191. The van der Waals surface area contributed by atoms with Crippen LogP contribution in [0.25, 0.3) is 0 Å². The van der Waals surface area contributed by atoms with Gasteiger partial charge in [0.2, 0.25) is 17.1 Å². The van der Waals surface area contributed by atoms with Gasteiger partial charge in [-0.1, -0.05) is 0 Å². The zero-order chi connectivity index (χ0) is 16.5. The van der Waals surface area contributed by atoms with Crippen LogP contribution in [0.3, 0.4) is 0 Å². The fraction of sp³-hybridized carbons (Fsp3) is 0.583. The molecule has 9 nitrogen and oxygen atoms in total. The Morgan fingerprint density at radius 3 is 2.64 bits per heavy atom. The number of esters is 1. The van der Waals surface area contributed by atoms with E-state index in [1.165, 1.54) is 14.2 Å². The lowest BCUT2D eigenvalue weighted by Gasteiger charge is -2.05. The number of carboxylic acids is 1. The summed E-state index contributed by atoms with van der Waals surface area (Å²) in [7, 11) is 2.49. The van der Waals surface area contributed by atoms with Crippen LogP contribution in [0, 0.1) is 0 Å². The Balaban J connectivity index is 2.99.